The van der Waals surface area contributed by atoms with E-state index in [1.165, 1.54) is 6.42 Å². The van der Waals surface area contributed by atoms with E-state index in [0.717, 1.165) is 12.2 Å². The van der Waals surface area contributed by atoms with Gasteiger partial charge in [0.05, 0.1) is 4.47 Å². The van der Waals surface area contributed by atoms with Gasteiger partial charge in [0.25, 0.3) is 0 Å². The summed E-state index contributed by atoms with van der Waals surface area (Å²) in [4.78, 5) is 0. The first kappa shape index (κ1) is 12.4. The van der Waals surface area contributed by atoms with Crippen molar-refractivity contribution in [3.63, 3.8) is 0 Å². The Morgan fingerprint density at radius 1 is 1.56 bits per heavy atom. The third kappa shape index (κ3) is 2.15. The van der Waals surface area contributed by atoms with Gasteiger partial charge in [-0.15, -0.1) is 0 Å². The zero-order valence-corrected chi connectivity index (χ0v) is 11.6. The maximum absolute atomic E-state index is 13.9. The number of hydrogen-bond donors (Lipinski definition) is 1. The second kappa shape index (κ2) is 4.67. The first-order valence-corrected chi connectivity index (χ1v) is 7.16. The van der Waals surface area contributed by atoms with Crippen LogP contribution in [0.2, 0.25) is 0 Å². The van der Waals surface area contributed by atoms with E-state index in [4.69, 9.17) is 5.73 Å². The molecule has 2 unspecified atom stereocenters. The zero-order valence-electron chi connectivity index (χ0n) is 9.17. The SMILES string of the molecule is CC1(C(N)c2cccc(Br)c2F)CCCS1. The quantitative estimate of drug-likeness (QED) is 0.897. The molecule has 1 heterocycles. The fourth-order valence-electron chi connectivity index (χ4n) is 2.14. The van der Waals surface area contributed by atoms with Gasteiger partial charge in [0.2, 0.25) is 0 Å². The minimum absolute atomic E-state index is 0.0262. The van der Waals surface area contributed by atoms with Crippen LogP contribution in [0.3, 0.4) is 0 Å². The average Bonchev–Trinajstić information content (AvgIpc) is 2.70. The third-order valence-corrected chi connectivity index (χ3v) is 5.45. The van der Waals surface area contributed by atoms with Gasteiger partial charge < -0.3 is 5.73 Å². The Balaban J connectivity index is 2.33. The number of halogens is 2. The van der Waals surface area contributed by atoms with Crippen molar-refractivity contribution in [2.24, 2.45) is 5.73 Å². The molecule has 0 aliphatic carbocycles. The summed E-state index contributed by atoms with van der Waals surface area (Å²) in [7, 11) is 0. The maximum atomic E-state index is 13.9. The second-order valence-corrected chi connectivity index (χ2v) is 6.87. The predicted octanol–water partition coefficient (Wildman–Crippen LogP) is 3.87. The topological polar surface area (TPSA) is 26.0 Å². The molecule has 0 radical (unpaired) electrons. The Hall–Kier alpha value is -0.0600. The summed E-state index contributed by atoms with van der Waals surface area (Å²) in [5.41, 5.74) is 6.84. The molecule has 0 bridgehead atoms. The predicted molar refractivity (Wildman–Crippen MR) is 71.1 cm³/mol. The van der Waals surface area contributed by atoms with Crippen LogP contribution < -0.4 is 5.73 Å². The van der Waals surface area contributed by atoms with Crippen molar-refractivity contribution < 1.29 is 4.39 Å². The van der Waals surface area contributed by atoms with Crippen LogP contribution in [0.1, 0.15) is 31.4 Å². The highest BCUT2D eigenvalue weighted by Gasteiger charge is 2.37. The van der Waals surface area contributed by atoms with Crippen molar-refractivity contribution >= 4 is 27.7 Å². The highest BCUT2D eigenvalue weighted by Crippen LogP contribution is 2.46. The summed E-state index contributed by atoms with van der Waals surface area (Å²) in [6, 6.07) is 5.09. The van der Waals surface area contributed by atoms with Gasteiger partial charge in [0.15, 0.2) is 0 Å². The molecule has 0 spiro atoms. The number of hydrogen-bond acceptors (Lipinski definition) is 2. The Bertz CT molecular complexity index is 391. The van der Waals surface area contributed by atoms with Gasteiger partial charge in [-0.25, -0.2) is 4.39 Å². The van der Waals surface area contributed by atoms with Crippen LogP contribution in [-0.4, -0.2) is 10.5 Å². The summed E-state index contributed by atoms with van der Waals surface area (Å²) in [5.74, 6) is 0.906. The van der Waals surface area contributed by atoms with E-state index in [1.54, 1.807) is 12.1 Å². The highest BCUT2D eigenvalue weighted by atomic mass is 79.9. The van der Waals surface area contributed by atoms with Gasteiger partial charge in [-0.05, 0) is 47.5 Å². The smallest absolute Gasteiger partial charge is 0.142 e. The molecule has 1 saturated heterocycles. The van der Waals surface area contributed by atoms with Crippen LogP contribution in [0.4, 0.5) is 4.39 Å². The molecule has 1 aliphatic rings. The van der Waals surface area contributed by atoms with E-state index in [-0.39, 0.29) is 16.6 Å². The Morgan fingerprint density at radius 2 is 2.31 bits per heavy atom. The zero-order chi connectivity index (χ0) is 11.8. The van der Waals surface area contributed by atoms with E-state index in [2.05, 4.69) is 22.9 Å². The molecular formula is C12H15BrFNS. The molecule has 1 nitrogen and oxygen atoms in total. The van der Waals surface area contributed by atoms with Crippen molar-refractivity contribution in [2.45, 2.75) is 30.6 Å². The third-order valence-electron chi connectivity index (χ3n) is 3.22. The van der Waals surface area contributed by atoms with Crippen LogP contribution in [0, 0.1) is 5.82 Å². The average molecular weight is 304 g/mol. The number of rotatable bonds is 2. The molecule has 0 saturated carbocycles. The lowest BCUT2D eigenvalue weighted by Crippen LogP contribution is -2.33. The lowest BCUT2D eigenvalue weighted by molar-refractivity contribution is 0.477. The lowest BCUT2D eigenvalue weighted by atomic mass is 9.91. The van der Waals surface area contributed by atoms with Crippen molar-refractivity contribution in [2.75, 3.05) is 5.75 Å². The van der Waals surface area contributed by atoms with Crippen molar-refractivity contribution in [1.82, 2.24) is 0 Å². The van der Waals surface area contributed by atoms with Crippen LogP contribution in [0.5, 0.6) is 0 Å². The molecule has 2 atom stereocenters. The molecule has 1 aliphatic heterocycles. The first-order valence-electron chi connectivity index (χ1n) is 5.38. The summed E-state index contributed by atoms with van der Waals surface area (Å²) >= 11 is 5.06. The lowest BCUT2D eigenvalue weighted by Gasteiger charge is -2.30. The summed E-state index contributed by atoms with van der Waals surface area (Å²) in [5, 5.41) is 0. The molecular weight excluding hydrogens is 289 g/mol. The van der Waals surface area contributed by atoms with E-state index >= 15 is 0 Å². The van der Waals surface area contributed by atoms with Crippen LogP contribution in [0.25, 0.3) is 0 Å². The van der Waals surface area contributed by atoms with Crippen molar-refractivity contribution in [1.29, 1.82) is 0 Å². The molecule has 2 rings (SSSR count). The van der Waals surface area contributed by atoms with Crippen molar-refractivity contribution in [3.05, 3.63) is 34.1 Å². The number of nitrogens with two attached hydrogens (primary N) is 1. The summed E-state index contributed by atoms with van der Waals surface area (Å²) < 4.78 is 14.4. The van der Waals surface area contributed by atoms with Gasteiger partial charge in [0.1, 0.15) is 5.82 Å². The molecule has 88 valence electrons. The minimum atomic E-state index is -0.238. The van der Waals surface area contributed by atoms with E-state index in [0.29, 0.717) is 10.0 Å². The fraction of sp³-hybridized carbons (Fsp3) is 0.500. The molecule has 0 aromatic heterocycles. The molecule has 2 N–H and O–H groups in total. The van der Waals surface area contributed by atoms with E-state index in [9.17, 15) is 4.39 Å². The van der Waals surface area contributed by atoms with Gasteiger partial charge in [-0.1, -0.05) is 12.1 Å². The molecule has 4 heteroatoms. The van der Waals surface area contributed by atoms with Crippen LogP contribution in [-0.2, 0) is 0 Å². The van der Waals surface area contributed by atoms with Crippen LogP contribution >= 0.6 is 27.7 Å². The van der Waals surface area contributed by atoms with E-state index < -0.39 is 0 Å². The fourth-order valence-corrected chi connectivity index (χ4v) is 3.87. The normalized spacial score (nSPS) is 27.0. The first-order chi connectivity index (χ1) is 7.54. The Morgan fingerprint density at radius 3 is 2.94 bits per heavy atom. The standard InChI is InChI=1S/C12H15BrFNS/c1-12(6-3-7-16-12)11(15)8-4-2-5-9(13)10(8)14/h2,4-5,11H,3,6-7,15H2,1H3. The van der Waals surface area contributed by atoms with Gasteiger partial charge in [0, 0.05) is 16.4 Å². The molecule has 1 fully saturated rings. The highest BCUT2D eigenvalue weighted by molar-refractivity contribution is 9.10. The number of thioether (sulfide) groups is 1. The summed E-state index contributed by atoms with van der Waals surface area (Å²) in [6.45, 7) is 2.13. The van der Waals surface area contributed by atoms with Gasteiger partial charge in [-0.2, -0.15) is 11.8 Å². The molecule has 1 aromatic carbocycles. The monoisotopic (exact) mass is 303 g/mol. The summed E-state index contributed by atoms with van der Waals surface area (Å²) in [6.07, 6.45) is 2.23. The molecule has 0 amide bonds. The number of benzene rings is 1. The minimum Gasteiger partial charge on any atom is -0.323 e. The molecule has 1 aromatic rings. The van der Waals surface area contributed by atoms with Crippen LogP contribution in [0.15, 0.2) is 22.7 Å². The Kier molecular flexibility index (Phi) is 3.62. The maximum Gasteiger partial charge on any atom is 0.142 e. The Labute approximate surface area is 108 Å². The van der Waals surface area contributed by atoms with Gasteiger partial charge >= 0.3 is 0 Å². The second-order valence-electron chi connectivity index (χ2n) is 4.39. The van der Waals surface area contributed by atoms with Crippen molar-refractivity contribution in [3.8, 4) is 0 Å². The molecule has 16 heavy (non-hydrogen) atoms. The largest absolute Gasteiger partial charge is 0.323 e. The van der Waals surface area contributed by atoms with Gasteiger partial charge in [-0.3, -0.25) is 0 Å². The van der Waals surface area contributed by atoms with E-state index in [1.807, 2.05) is 17.8 Å².